The number of nitrogens with zero attached hydrogens (tertiary/aromatic N) is 2. The van der Waals surface area contributed by atoms with Crippen LogP contribution in [0.3, 0.4) is 0 Å². The van der Waals surface area contributed by atoms with Crippen molar-refractivity contribution >= 4 is 18.0 Å². The highest BCUT2D eigenvalue weighted by molar-refractivity contribution is 6.21. The average Bonchev–Trinajstić information content (AvgIpc) is 2.92. The topological polar surface area (TPSA) is 59.0 Å². The van der Waals surface area contributed by atoms with Crippen molar-refractivity contribution in [2.45, 2.75) is 32.6 Å². The van der Waals surface area contributed by atoms with Crippen LogP contribution in [0.15, 0.2) is 53.6 Å². The molecule has 0 fully saturated rings. The van der Waals surface area contributed by atoms with Gasteiger partial charge in [0.05, 0.1) is 23.9 Å². The third kappa shape index (κ3) is 3.99. The number of amides is 2. The summed E-state index contributed by atoms with van der Waals surface area (Å²) in [6, 6.07) is 14.2. The number of unbranched alkanes of at least 4 members (excludes halogenated alkanes) is 3. The van der Waals surface area contributed by atoms with E-state index in [-0.39, 0.29) is 0 Å². The second kappa shape index (κ2) is 8.43. The predicted octanol–water partition coefficient (Wildman–Crippen LogP) is 4.28. The molecule has 0 spiro atoms. The molecule has 134 valence electrons. The molecular weight excluding hydrogens is 328 g/mol. The molecule has 0 aliphatic carbocycles. The van der Waals surface area contributed by atoms with Crippen LogP contribution in [0.4, 0.5) is 0 Å². The molecule has 1 aliphatic heterocycles. The van der Waals surface area contributed by atoms with Crippen molar-refractivity contribution in [3.05, 3.63) is 65.2 Å². The van der Waals surface area contributed by atoms with Gasteiger partial charge < -0.3 is 4.74 Å². The number of hydrogen-bond donors (Lipinski definition) is 0. The standard InChI is InChI=1S/C21H22N2O3/c1-2-3-4-7-14-26-17-12-10-16(11-13-17)15-22-23-20(24)18-8-5-6-9-19(18)21(23)25/h5-6,8-13,15H,2-4,7,14H2,1H3/b22-15+. The summed E-state index contributed by atoms with van der Waals surface area (Å²) in [5, 5.41) is 4.97. The van der Waals surface area contributed by atoms with Crippen molar-refractivity contribution in [2.24, 2.45) is 5.10 Å². The molecule has 5 heteroatoms. The first-order chi connectivity index (χ1) is 12.7. The monoisotopic (exact) mass is 350 g/mol. The number of hydrazone groups is 1. The minimum Gasteiger partial charge on any atom is -0.494 e. The predicted molar refractivity (Wildman–Crippen MR) is 101 cm³/mol. The number of ether oxygens (including phenoxy) is 1. The van der Waals surface area contributed by atoms with Crippen LogP contribution in [0, 0.1) is 0 Å². The zero-order valence-corrected chi connectivity index (χ0v) is 14.9. The molecule has 0 atom stereocenters. The minimum atomic E-state index is -0.395. The van der Waals surface area contributed by atoms with Crippen LogP contribution in [-0.2, 0) is 0 Å². The lowest BCUT2D eigenvalue weighted by molar-refractivity contribution is 0.0660. The zero-order valence-electron chi connectivity index (χ0n) is 14.9. The molecule has 1 aliphatic rings. The summed E-state index contributed by atoms with van der Waals surface area (Å²) in [6.07, 6.45) is 6.18. The smallest absolute Gasteiger partial charge is 0.282 e. The molecule has 2 amide bonds. The Kier molecular flexibility index (Phi) is 5.79. The van der Waals surface area contributed by atoms with Gasteiger partial charge in [0.1, 0.15) is 5.75 Å². The van der Waals surface area contributed by atoms with E-state index in [4.69, 9.17) is 4.74 Å². The van der Waals surface area contributed by atoms with Crippen molar-refractivity contribution in [3.8, 4) is 5.75 Å². The summed E-state index contributed by atoms with van der Waals surface area (Å²) in [5.41, 5.74) is 1.57. The summed E-state index contributed by atoms with van der Waals surface area (Å²) in [5.74, 6) is 0.0159. The van der Waals surface area contributed by atoms with Crippen LogP contribution in [-0.4, -0.2) is 29.6 Å². The maximum absolute atomic E-state index is 12.2. The van der Waals surface area contributed by atoms with E-state index in [9.17, 15) is 9.59 Å². The highest BCUT2D eigenvalue weighted by Gasteiger charge is 2.35. The van der Waals surface area contributed by atoms with Gasteiger partial charge in [0.15, 0.2) is 0 Å². The molecule has 5 nitrogen and oxygen atoms in total. The van der Waals surface area contributed by atoms with Crippen LogP contribution < -0.4 is 4.74 Å². The fourth-order valence-electron chi connectivity index (χ4n) is 2.77. The lowest BCUT2D eigenvalue weighted by Gasteiger charge is -2.07. The van der Waals surface area contributed by atoms with Crippen molar-refractivity contribution < 1.29 is 14.3 Å². The molecule has 0 unspecified atom stereocenters. The van der Waals surface area contributed by atoms with Crippen LogP contribution in [0.2, 0.25) is 0 Å². The summed E-state index contributed by atoms with van der Waals surface area (Å²) < 4.78 is 5.70. The molecule has 0 aromatic heterocycles. The van der Waals surface area contributed by atoms with Gasteiger partial charge in [-0.15, -0.1) is 0 Å². The van der Waals surface area contributed by atoms with E-state index in [1.54, 1.807) is 24.3 Å². The van der Waals surface area contributed by atoms with E-state index in [1.807, 2.05) is 24.3 Å². The lowest BCUT2D eigenvalue weighted by atomic mass is 10.1. The Labute approximate surface area is 153 Å². The Morgan fingerprint density at radius 2 is 1.58 bits per heavy atom. The number of imide groups is 1. The number of carbonyl (C=O) groups is 2. The van der Waals surface area contributed by atoms with Crippen molar-refractivity contribution in [2.75, 3.05) is 6.61 Å². The number of carbonyl (C=O) groups excluding carboxylic acids is 2. The average molecular weight is 350 g/mol. The zero-order chi connectivity index (χ0) is 18.4. The number of fused-ring (bicyclic) bond motifs is 1. The summed E-state index contributed by atoms with van der Waals surface area (Å²) in [4.78, 5) is 24.5. The second-order valence-corrected chi connectivity index (χ2v) is 6.19. The minimum absolute atomic E-state index is 0.390. The van der Waals surface area contributed by atoms with Gasteiger partial charge in [-0.05, 0) is 48.4 Å². The Morgan fingerprint density at radius 1 is 0.923 bits per heavy atom. The van der Waals surface area contributed by atoms with Gasteiger partial charge in [-0.1, -0.05) is 38.3 Å². The summed E-state index contributed by atoms with van der Waals surface area (Å²) in [7, 11) is 0. The quantitative estimate of drug-likeness (QED) is 0.406. The highest BCUT2D eigenvalue weighted by atomic mass is 16.5. The molecule has 0 radical (unpaired) electrons. The Hall–Kier alpha value is -2.95. The van der Waals surface area contributed by atoms with E-state index in [2.05, 4.69) is 12.0 Å². The lowest BCUT2D eigenvalue weighted by Crippen LogP contribution is -2.23. The van der Waals surface area contributed by atoms with E-state index in [0.29, 0.717) is 17.7 Å². The molecule has 2 aromatic carbocycles. The first-order valence-corrected chi connectivity index (χ1v) is 8.95. The summed E-state index contributed by atoms with van der Waals surface area (Å²) in [6.45, 7) is 2.89. The molecular formula is C21H22N2O3. The van der Waals surface area contributed by atoms with Gasteiger partial charge >= 0.3 is 0 Å². The second-order valence-electron chi connectivity index (χ2n) is 6.19. The van der Waals surface area contributed by atoms with Crippen LogP contribution in [0.5, 0.6) is 5.75 Å². The molecule has 26 heavy (non-hydrogen) atoms. The Balaban J connectivity index is 1.58. The van der Waals surface area contributed by atoms with Crippen LogP contribution in [0.1, 0.15) is 58.9 Å². The van der Waals surface area contributed by atoms with Gasteiger partial charge in [0.2, 0.25) is 0 Å². The maximum atomic E-state index is 12.2. The van der Waals surface area contributed by atoms with Crippen molar-refractivity contribution in [1.29, 1.82) is 0 Å². The van der Waals surface area contributed by atoms with Crippen LogP contribution >= 0.6 is 0 Å². The highest BCUT2D eigenvalue weighted by Crippen LogP contribution is 2.22. The Morgan fingerprint density at radius 3 is 2.19 bits per heavy atom. The van der Waals surface area contributed by atoms with E-state index in [0.717, 1.165) is 22.7 Å². The normalized spacial score (nSPS) is 13.5. The molecule has 2 aromatic rings. The largest absolute Gasteiger partial charge is 0.494 e. The molecule has 3 rings (SSSR count). The molecule has 1 heterocycles. The number of hydrogen-bond acceptors (Lipinski definition) is 4. The molecule has 0 saturated heterocycles. The van der Waals surface area contributed by atoms with Gasteiger partial charge in [0.25, 0.3) is 11.8 Å². The fraction of sp³-hybridized carbons (Fsp3) is 0.286. The van der Waals surface area contributed by atoms with E-state index < -0.39 is 11.8 Å². The number of benzene rings is 2. The third-order valence-corrected chi connectivity index (χ3v) is 4.24. The van der Waals surface area contributed by atoms with E-state index >= 15 is 0 Å². The molecule has 0 N–H and O–H groups in total. The Bertz CT molecular complexity index is 777. The summed E-state index contributed by atoms with van der Waals surface area (Å²) >= 11 is 0. The maximum Gasteiger partial charge on any atom is 0.282 e. The molecule has 0 saturated carbocycles. The van der Waals surface area contributed by atoms with Crippen molar-refractivity contribution in [1.82, 2.24) is 5.01 Å². The van der Waals surface area contributed by atoms with E-state index in [1.165, 1.54) is 25.5 Å². The first kappa shape index (κ1) is 17.9. The first-order valence-electron chi connectivity index (χ1n) is 8.95. The fourth-order valence-corrected chi connectivity index (χ4v) is 2.77. The SMILES string of the molecule is CCCCCCOc1ccc(/C=N/N2C(=O)c3ccccc3C2=O)cc1. The molecule has 0 bridgehead atoms. The van der Waals surface area contributed by atoms with Gasteiger partial charge in [0, 0.05) is 0 Å². The van der Waals surface area contributed by atoms with Gasteiger partial charge in [-0.3, -0.25) is 9.59 Å². The van der Waals surface area contributed by atoms with Crippen LogP contribution in [0.25, 0.3) is 0 Å². The third-order valence-electron chi connectivity index (χ3n) is 4.24. The van der Waals surface area contributed by atoms with Gasteiger partial charge in [-0.25, -0.2) is 0 Å². The number of rotatable bonds is 8. The van der Waals surface area contributed by atoms with Crippen molar-refractivity contribution in [3.63, 3.8) is 0 Å². The van der Waals surface area contributed by atoms with Gasteiger partial charge in [-0.2, -0.15) is 10.1 Å².